The molecule has 0 atom stereocenters. The van der Waals surface area contributed by atoms with Crippen LogP contribution in [0, 0.1) is 10.1 Å². The largest absolute Gasteiger partial charge is 0.498 e. The molecule has 7 nitrogen and oxygen atoms in total. The highest BCUT2D eigenvalue weighted by atomic mass is 16.7. The summed E-state index contributed by atoms with van der Waals surface area (Å²) >= 11 is 0. The molecule has 0 saturated carbocycles. The van der Waals surface area contributed by atoms with E-state index in [0.717, 1.165) is 0 Å². The van der Waals surface area contributed by atoms with Crippen molar-refractivity contribution in [1.29, 1.82) is 0 Å². The average Bonchev–Trinajstić information content (AvgIpc) is 2.57. The van der Waals surface area contributed by atoms with Gasteiger partial charge in [-0.2, -0.15) is 0 Å². The molecule has 8 heteroatoms. The second-order valence-electron chi connectivity index (χ2n) is 6.35. The molecule has 0 spiro atoms. The molecular formula is C13H20BN3O4. The molecule has 0 aromatic carbocycles. The van der Waals surface area contributed by atoms with E-state index >= 15 is 0 Å². The molecule has 0 bridgehead atoms. The first-order valence-corrected chi connectivity index (χ1v) is 6.72. The highest BCUT2D eigenvalue weighted by Crippen LogP contribution is 2.37. The minimum atomic E-state index is -0.681. The van der Waals surface area contributed by atoms with Crippen molar-refractivity contribution in [2.24, 2.45) is 0 Å². The van der Waals surface area contributed by atoms with Crippen molar-refractivity contribution >= 4 is 24.1 Å². The van der Waals surface area contributed by atoms with Gasteiger partial charge in [0.2, 0.25) is 0 Å². The van der Waals surface area contributed by atoms with Crippen LogP contribution >= 0.6 is 0 Å². The van der Waals surface area contributed by atoms with Crippen LogP contribution in [-0.4, -0.2) is 42.3 Å². The maximum absolute atomic E-state index is 11.0. The molecule has 1 saturated heterocycles. The molecule has 1 aliphatic rings. The summed E-state index contributed by atoms with van der Waals surface area (Å²) in [6, 6.07) is 1.46. The van der Waals surface area contributed by atoms with E-state index in [0.29, 0.717) is 11.3 Å². The van der Waals surface area contributed by atoms with Gasteiger partial charge >= 0.3 is 7.12 Å². The van der Waals surface area contributed by atoms with Crippen LogP contribution in [0.3, 0.4) is 0 Å². The van der Waals surface area contributed by atoms with Gasteiger partial charge in [0.1, 0.15) is 12.0 Å². The number of rotatable bonds is 3. The lowest BCUT2D eigenvalue weighted by molar-refractivity contribution is -0.385. The van der Waals surface area contributed by atoms with Crippen LogP contribution in [-0.2, 0) is 9.31 Å². The number of aromatic nitrogens is 1. The third kappa shape index (κ3) is 2.73. The fourth-order valence-electron chi connectivity index (χ4n) is 2.08. The maximum atomic E-state index is 11.0. The fraction of sp³-hybridized carbons (Fsp3) is 0.615. The zero-order valence-corrected chi connectivity index (χ0v) is 13.2. The van der Waals surface area contributed by atoms with Gasteiger partial charge in [0, 0.05) is 25.6 Å². The van der Waals surface area contributed by atoms with E-state index in [1.54, 1.807) is 4.90 Å². The molecule has 1 aromatic rings. The van der Waals surface area contributed by atoms with E-state index in [4.69, 9.17) is 9.31 Å². The Bertz CT molecular complexity index is 559. The highest BCUT2D eigenvalue weighted by Gasteiger charge is 2.52. The SMILES string of the molecule is CN(C)c1ncc([N+](=O)[O-])cc1B1OC(C)(C)C(C)(C)O1. The third-order valence-corrected chi connectivity index (χ3v) is 4.02. The maximum Gasteiger partial charge on any atom is 0.498 e. The Morgan fingerprint density at radius 2 is 1.76 bits per heavy atom. The Hall–Kier alpha value is -1.67. The second kappa shape index (κ2) is 4.96. The minimum Gasteiger partial charge on any atom is -0.399 e. The number of hydrogen-bond acceptors (Lipinski definition) is 6. The molecule has 2 heterocycles. The molecule has 0 amide bonds. The Morgan fingerprint density at radius 3 is 2.19 bits per heavy atom. The predicted molar refractivity (Wildman–Crippen MR) is 80.9 cm³/mol. The van der Waals surface area contributed by atoms with Gasteiger partial charge < -0.3 is 14.2 Å². The first-order valence-electron chi connectivity index (χ1n) is 6.72. The molecular weight excluding hydrogens is 273 g/mol. The summed E-state index contributed by atoms with van der Waals surface area (Å²) in [5.74, 6) is 0.596. The highest BCUT2D eigenvalue weighted by molar-refractivity contribution is 6.63. The summed E-state index contributed by atoms with van der Waals surface area (Å²) in [5, 5.41) is 11.0. The first kappa shape index (κ1) is 15.7. The summed E-state index contributed by atoms with van der Waals surface area (Å²) in [4.78, 5) is 16.4. The van der Waals surface area contributed by atoms with Crippen molar-refractivity contribution in [1.82, 2.24) is 4.98 Å². The van der Waals surface area contributed by atoms with E-state index in [1.807, 2.05) is 41.8 Å². The van der Waals surface area contributed by atoms with Gasteiger partial charge in [-0.15, -0.1) is 0 Å². The summed E-state index contributed by atoms with van der Waals surface area (Å²) in [6.07, 6.45) is 1.24. The fourth-order valence-corrected chi connectivity index (χ4v) is 2.08. The summed E-state index contributed by atoms with van der Waals surface area (Å²) in [5.41, 5.74) is -0.532. The molecule has 1 aliphatic heterocycles. The molecule has 114 valence electrons. The topological polar surface area (TPSA) is 77.7 Å². The smallest absolute Gasteiger partial charge is 0.399 e. The van der Waals surface area contributed by atoms with Gasteiger partial charge in [-0.05, 0) is 27.7 Å². The number of anilines is 1. The van der Waals surface area contributed by atoms with Crippen LogP contribution in [0.2, 0.25) is 0 Å². The monoisotopic (exact) mass is 293 g/mol. The van der Waals surface area contributed by atoms with E-state index in [2.05, 4.69) is 4.98 Å². The molecule has 0 N–H and O–H groups in total. The number of hydrogen-bond donors (Lipinski definition) is 0. The third-order valence-electron chi connectivity index (χ3n) is 4.02. The quantitative estimate of drug-likeness (QED) is 0.475. The van der Waals surface area contributed by atoms with E-state index in [9.17, 15) is 10.1 Å². The lowest BCUT2D eigenvalue weighted by atomic mass is 9.79. The van der Waals surface area contributed by atoms with E-state index in [1.165, 1.54) is 12.3 Å². The molecule has 0 radical (unpaired) electrons. The predicted octanol–water partition coefficient (Wildman–Crippen LogP) is 1.35. The van der Waals surface area contributed by atoms with Crippen LogP contribution in [0.25, 0.3) is 0 Å². The average molecular weight is 293 g/mol. The Labute approximate surface area is 124 Å². The minimum absolute atomic E-state index is 0.0784. The van der Waals surface area contributed by atoms with Crippen LogP contribution in [0.15, 0.2) is 12.3 Å². The van der Waals surface area contributed by atoms with Gasteiger partial charge in [0.05, 0.1) is 16.1 Å². The zero-order chi connectivity index (χ0) is 16.0. The second-order valence-corrected chi connectivity index (χ2v) is 6.35. The van der Waals surface area contributed by atoms with Gasteiger partial charge in [-0.1, -0.05) is 0 Å². The number of pyridine rings is 1. The standard InChI is InChI=1S/C13H20BN3O4/c1-12(2)13(3,4)21-14(20-12)10-7-9(17(18)19)8-15-11(10)16(5)6/h7-8H,1-6H3. The lowest BCUT2D eigenvalue weighted by Gasteiger charge is -2.32. The van der Waals surface area contributed by atoms with Gasteiger partial charge in [-0.3, -0.25) is 10.1 Å². The van der Waals surface area contributed by atoms with Crippen LogP contribution in [0.4, 0.5) is 11.5 Å². The van der Waals surface area contributed by atoms with Crippen molar-refractivity contribution in [3.8, 4) is 0 Å². The van der Waals surface area contributed by atoms with Gasteiger partial charge in [-0.25, -0.2) is 4.98 Å². The van der Waals surface area contributed by atoms with Crippen molar-refractivity contribution in [3.63, 3.8) is 0 Å². The Balaban J connectivity index is 2.48. The number of nitro groups is 1. The molecule has 1 aromatic heterocycles. The van der Waals surface area contributed by atoms with Gasteiger partial charge in [0.25, 0.3) is 5.69 Å². The van der Waals surface area contributed by atoms with Crippen molar-refractivity contribution in [2.45, 2.75) is 38.9 Å². The van der Waals surface area contributed by atoms with Crippen molar-refractivity contribution < 1.29 is 14.2 Å². The lowest BCUT2D eigenvalue weighted by Crippen LogP contribution is -2.41. The van der Waals surface area contributed by atoms with Crippen molar-refractivity contribution in [2.75, 3.05) is 19.0 Å². The summed E-state index contributed by atoms with van der Waals surface area (Å²) in [6.45, 7) is 7.75. The van der Waals surface area contributed by atoms with E-state index in [-0.39, 0.29) is 5.69 Å². The molecule has 0 aliphatic carbocycles. The Kier molecular flexibility index (Phi) is 3.71. The molecule has 0 unspecified atom stereocenters. The van der Waals surface area contributed by atoms with Gasteiger partial charge in [0.15, 0.2) is 0 Å². The summed E-state index contributed by atoms with van der Waals surface area (Å²) in [7, 11) is 2.96. The number of nitrogens with zero attached hydrogens (tertiary/aromatic N) is 3. The van der Waals surface area contributed by atoms with Crippen LogP contribution in [0.5, 0.6) is 0 Å². The zero-order valence-electron chi connectivity index (χ0n) is 13.2. The molecule has 1 fully saturated rings. The first-order chi connectivity index (χ1) is 9.55. The Morgan fingerprint density at radius 1 is 1.24 bits per heavy atom. The normalized spacial score (nSPS) is 19.6. The van der Waals surface area contributed by atoms with Crippen LogP contribution in [0.1, 0.15) is 27.7 Å². The van der Waals surface area contributed by atoms with Crippen LogP contribution < -0.4 is 10.4 Å². The van der Waals surface area contributed by atoms with Crippen molar-refractivity contribution in [3.05, 3.63) is 22.4 Å². The summed E-state index contributed by atoms with van der Waals surface area (Å²) < 4.78 is 11.9. The molecule has 2 rings (SSSR count). The van der Waals surface area contributed by atoms with E-state index < -0.39 is 23.2 Å². The molecule has 21 heavy (non-hydrogen) atoms.